The minimum atomic E-state index is -0.794. The van der Waals surface area contributed by atoms with Crippen LogP contribution in [-0.4, -0.2) is 23.5 Å². The topological polar surface area (TPSA) is 66.4 Å². The Balaban J connectivity index is 1.56. The summed E-state index contributed by atoms with van der Waals surface area (Å²) in [6.07, 6.45) is 3.71. The second-order valence-electron chi connectivity index (χ2n) is 7.01. The molecule has 0 spiro atoms. The molecule has 3 rings (SSSR count). The summed E-state index contributed by atoms with van der Waals surface area (Å²) in [7, 11) is 0. The summed E-state index contributed by atoms with van der Waals surface area (Å²) < 4.78 is 27.0. The van der Waals surface area contributed by atoms with E-state index in [1.54, 1.807) is 0 Å². The highest BCUT2D eigenvalue weighted by atomic mass is 19.1. The monoisotopic (exact) mass is 337 g/mol. The third-order valence-electron chi connectivity index (χ3n) is 5.40. The average Bonchev–Trinajstić information content (AvgIpc) is 3.33. The van der Waals surface area contributed by atoms with Gasteiger partial charge in [-0.25, -0.2) is 8.78 Å². The molecule has 0 atom stereocenters. The minimum Gasteiger partial charge on any atom is -0.481 e. The van der Waals surface area contributed by atoms with Gasteiger partial charge in [-0.3, -0.25) is 9.59 Å². The lowest BCUT2D eigenvalue weighted by atomic mass is 9.81. The molecule has 4 nitrogen and oxygen atoms in total. The smallest absolute Gasteiger partial charge is 0.306 e. The molecule has 0 radical (unpaired) electrons. The van der Waals surface area contributed by atoms with Crippen LogP contribution in [0.15, 0.2) is 18.2 Å². The van der Waals surface area contributed by atoms with Gasteiger partial charge in [0.2, 0.25) is 5.91 Å². The van der Waals surface area contributed by atoms with Gasteiger partial charge in [0.15, 0.2) is 0 Å². The zero-order chi connectivity index (χ0) is 17.3. The molecule has 0 aromatic heterocycles. The number of hydrogen-bond acceptors (Lipinski definition) is 2. The fourth-order valence-electron chi connectivity index (χ4n) is 3.61. The number of amides is 1. The number of carbonyl (C=O) groups is 2. The van der Waals surface area contributed by atoms with Gasteiger partial charge in [-0.15, -0.1) is 0 Å². The van der Waals surface area contributed by atoms with Crippen molar-refractivity contribution < 1.29 is 23.5 Å². The van der Waals surface area contributed by atoms with E-state index in [0.717, 1.165) is 18.9 Å². The summed E-state index contributed by atoms with van der Waals surface area (Å²) in [5.41, 5.74) is 0.0323. The second kappa shape index (κ2) is 6.49. The van der Waals surface area contributed by atoms with Crippen LogP contribution < -0.4 is 5.32 Å². The van der Waals surface area contributed by atoms with E-state index in [1.165, 1.54) is 12.1 Å². The fraction of sp³-hybridized carbons (Fsp3) is 0.556. The zero-order valence-corrected chi connectivity index (χ0v) is 13.4. The Hall–Kier alpha value is -1.98. The summed E-state index contributed by atoms with van der Waals surface area (Å²) in [6, 6.07) is 3.58. The molecule has 2 aliphatic rings. The lowest BCUT2D eigenvalue weighted by Gasteiger charge is -2.26. The summed E-state index contributed by atoms with van der Waals surface area (Å²) >= 11 is 0. The summed E-state index contributed by atoms with van der Waals surface area (Å²) in [6.45, 7) is 0.341. The van der Waals surface area contributed by atoms with Crippen molar-refractivity contribution in [2.45, 2.75) is 43.9 Å². The largest absolute Gasteiger partial charge is 0.481 e. The zero-order valence-electron chi connectivity index (χ0n) is 13.4. The number of rotatable bonds is 5. The Morgan fingerprint density at radius 3 is 2.29 bits per heavy atom. The van der Waals surface area contributed by atoms with Crippen LogP contribution in [0.3, 0.4) is 0 Å². The number of hydrogen-bond donors (Lipinski definition) is 2. The first kappa shape index (κ1) is 16.9. The van der Waals surface area contributed by atoms with E-state index < -0.39 is 23.0 Å². The average molecular weight is 337 g/mol. The van der Waals surface area contributed by atoms with Crippen molar-refractivity contribution in [3.63, 3.8) is 0 Å². The maximum absolute atomic E-state index is 14.0. The van der Waals surface area contributed by atoms with Gasteiger partial charge in [0.05, 0.1) is 5.92 Å². The van der Waals surface area contributed by atoms with Crippen molar-refractivity contribution in [2.75, 3.05) is 6.54 Å². The molecule has 1 aromatic rings. The first-order valence-corrected chi connectivity index (χ1v) is 8.37. The van der Waals surface area contributed by atoms with Crippen molar-refractivity contribution in [1.82, 2.24) is 5.32 Å². The Labute approximate surface area is 139 Å². The van der Waals surface area contributed by atoms with E-state index in [4.69, 9.17) is 5.11 Å². The third-order valence-corrected chi connectivity index (χ3v) is 5.40. The quantitative estimate of drug-likeness (QED) is 0.868. The third kappa shape index (κ3) is 3.42. The van der Waals surface area contributed by atoms with Crippen molar-refractivity contribution >= 4 is 11.9 Å². The van der Waals surface area contributed by atoms with E-state index in [0.29, 0.717) is 37.8 Å². The number of carboxylic acid groups (broad SMARTS) is 1. The standard InChI is InChI=1S/C18H21F2NO3/c19-13-5-6-14(15(20)9-13)18(7-8-18)10-21-16(22)11-1-3-12(4-2-11)17(23)24/h5-6,9,11-12H,1-4,7-8,10H2,(H,21,22)(H,23,24). The molecule has 1 amide bonds. The van der Waals surface area contributed by atoms with Crippen molar-refractivity contribution in [2.24, 2.45) is 11.8 Å². The molecule has 0 saturated heterocycles. The van der Waals surface area contributed by atoms with Crippen LogP contribution in [0.1, 0.15) is 44.1 Å². The highest BCUT2D eigenvalue weighted by Gasteiger charge is 2.46. The SMILES string of the molecule is O=C(O)C1CCC(C(=O)NCC2(c3ccc(F)cc3F)CC2)CC1. The first-order valence-electron chi connectivity index (χ1n) is 8.37. The second-order valence-corrected chi connectivity index (χ2v) is 7.01. The number of carbonyl (C=O) groups excluding carboxylic acids is 1. The predicted octanol–water partition coefficient (Wildman–Crippen LogP) is 3.00. The number of carboxylic acids is 1. The number of benzene rings is 1. The fourth-order valence-corrected chi connectivity index (χ4v) is 3.61. The highest BCUT2D eigenvalue weighted by Crippen LogP contribution is 2.48. The van der Waals surface area contributed by atoms with Gasteiger partial charge in [-0.05, 0) is 50.2 Å². The van der Waals surface area contributed by atoms with Gasteiger partial charge >= 0.3 is 5.97 Å². The van der Waals surface area contributed by atoms with Crippen LogP contribution in [0.25, 0.3) is 0 Å². The summed E-state index contributed by atoms with van der Waals surface area (Å²) in [4.78, 5) is 23.3. The van der Waals surface area contributed by atoms with Crippen LogP contribution in [0.2, 0.25) is 0 Å². The molecule has 1 aromatic carbocycles. The van der Waals surface area contributed by atoms with Crippen molar-refractivity contribution in [1.29, 1.82) is 0 Å². The normalized spacial score (nSPS) is 25.1. The lowest BCUT2D eigenvalue weighted by Crippen LogP contribution is -2.38. The molecular formula is C18H21F2NO3. The maximum atomic E-state index is 14.0. The molecule has 0 bridgehead atoms. The molecule has 2 fully saturated rings. The van der Waals surface area contributed by atoms with Gasteiger partial charge in [0.25, 0.3) is 0 Å². The first-order chi connectivity index (χ1) is 11.4. The number of aliphatic carboxylic acids is 1. The number of nitrogens with one attached hydrogen (secondary N) is 1. The Morgan fingerprint density at radius 2 is 1.75 bits per heavy atom. The molecule has 24 heavy (non-hydrogen) atoms. The highest BCUT2D eigenvalue weighted by molar-refractivity contribution is 5.79. The molecule has 6 heteroatoms. The molecular weight excluding hydrogens is 316 g/mol. The van der Waals surface area contributed by atoms with Crippen molar-refractivity contribution in [3.05, 3.63) is 35.4 Å². The molecule has 2 N–H and O–H groups in total. The predicted molar refractivity (Wildman–Crippen MR) is 83.4 cm³/mol. The van der Waals surface area contributed by atoms with Gasteiger partial charge in [0, 0.05) is 23.9 Å². The molecule has 0 unspecified atom stereocenters. The molecule has 130 valence electrons. The van der Waals surface area contributed by atoms with Gasteiger partial charge in [-0.1, -0.05) is 6.07 Å². The van der Waals surface area contributed by atoms with Crippen molar-refractivity contribution in [3.8, 4) is 0 Å². The van der Waals surface area contributed by atoms with Crippen LogP contribution in [0.4, 0.5) is 8.78 Å². The Bertz CT molecular complexity index is 650. The van der Waals surface area contributed by atoms with Crippen LogP contribution in [0.5, 0.6) is 0 Å². The van der Waals surface area contributed by atoms with E-state index in [1.807, 2.05) is 0 Å². The molecule has 2 aliphatic carbocycles. The van der Waals surface area contributed by atoms with Crippen LogP contribution in [0, 0.1) is 23.5 Å². The maximum Gasteiger partial charge on any atom is 0.306 e. The summed E-state index contributed by atoms with van der Waals surface area (Å²) in [5, 5.41) is 11.9. The van der Waals surface area contributed by atoms with Crippen LogP contribution >= 0.6 is 0 Å². The van der Waals surface area contributed by atoms with E-state index in [2.05, 4.69) is 5.32 Å². The van der Waals surface area contributed by atoms with E-state index in [-0.39, 0.29) is 17.7 Å². The van der Waals surface area contributed by atoms with Gasteiger partial charge in [-0.2, -0.15) is 0 Å². The molecule has 0 aliphatic heterocycles. The molecule has 2 saturated carbocycles. The van der Waals surface area contributed by atoms with E-state index in [9.17, 15) is 18.4 Å². The summed E-state index contributed by atoms with van der Waals surface area (Å²) in [5.74, 6) is -2.58. The Morgan fingerprint density at radius 1 is 1.12 bits per heavy atom. The lowest BCUT2D eigenvalue weighted by molar-refractivity contribution is -0.144. The van der Waals surface area contributed by atoms with E-state index >= 15 is 0 Å². The Kier molecular flexibility index (Phi) is 4.56. The number of halogens is 2. The minimum absolute atomic E-state index is 0.0902. The van der Waals surface area contributed by atoms with Gasteiger partial charge < -0.3 is 10.4 Å². The van der Waals surface area contributed by atoms with Gasteiger partial charge in [0.1, 0.15) is 11.6 Å². The molecule has 0 heterocycles. The van der Waals surface area contributed by atoms with Crippen LogP contribution in [-0.2, 0) is 15.0 Å².